The summed E-state index contributed by atoms with van der Waals surface area (Å²) in [7, 11) is 0. The molecule has 1 fully saturated rings. The first-order valence-electron chi connectivity index (χ1n) is 6.42. The van der Waals surface area contributed by atoms with Gasteiger partial charge < -0.3 is 10.2 Å². The van der Waals surface area contributed by atoms with Crippen molar-refractivity contribution in [3.63, 3.8) is 0 Å². The highest BCUT2D eigenvalue weighted by molar-refractivity contribution is 5.92. The molecule has 4 heteroatoms. The number of hydrogen-bond acceptors (Lipinski definition) is 2. The lowest BCUT2D eigenvalue weighted by molar-refractivity contribution is -0.896. The van der Waals surface area contributed by atoms with Crippen LogP contribution in [0.15, 0.2) is 24.3 Å². The van der Waals surface area contributed by atoms with E-state index in [9.17, 15) is 4.79 Å². The predicted molar refractivity (Wildman–Crippen MR) is 69.2 cm³/mol. The number of anilines is 1. The van der Waals surface area contributed by atoms with Gasteiger partial charge in [-0.1, -0.05) is 12.1 Å². The fourth-order valence-corrected chi connectivity index (χ4v) is 2.34. The lowest BCUT2D eigenvalue weighted by Crippen LogP contribution is -3.13. The molecule has 0 bridgehead atoms. The molecule has 94 valence electrons. The molecule has 4 nitrogen and oxygen atoms in total. The fraction of sp³-hybridized carbons (Fsp3) is 0.429. The number of nitrogens with one attached hydrogen (secondary N) is 2. The molecular weight excluding hydrogens is 226 g/mol. The standard InChI is InChI=1S/C14H17N3O/c15-10-12-6-2-3-7-13(12)16-14(18)11-17-8-4-1-5-9-17/h2-3,6-7H,1,4-5,8-9,11H2,(H,16,18)/p+1. The van der Waals surface area contributed by atoms with Gasteiger partial charge in [0, 0.05) is 0 Å². The summed E-state index contributed by atoms with van der Waals surface area (Å²) in [6.45, 7) is 2.65. The van der Waals surface area contributed by atoms with Crippen LogP contribution in [0.1, 0.15) is 24.8 Å². The number of nitrogens with zero attached hydrogens (tertiary/aromatic N) is 1. The van der Waals surface area contributed by atoms with Gasteiger partial charge in [-0.2, -0.15) is 5.26 Å². The highest BCUT2D eigenvalue weighted by atomic mass is 16.2. The molecule has 1 amide bonds. The van der Waals surface area contributed by atoms with Gasteiger partial charge in [0.2, 0.25) is 0 Å². The summed E-state index contributed by atoms with van der Waals surface area (Å²) in [5.41, 5.74) is 1.13. The minimum absolute atomic E-state index is 0.00500. The molecule has 1 saturated heterocycles. The fourth-order valence-electron chi connectivity index (χ4n) is 2.34. The van der Waals surface area contributed by atoms with Gasteiger partial charge in [-0.25, -0.2) is 0 Å². The molecular formula is C14H18N3O+. The van der Waals surface area contributed by atoms with Gasteiger partial charge in [0.05, 0.1) is 24.3 Å². The number of quaternary nitrogens is 1. The van der Waals surface area contributed by atoms with Crippen LogP contribution >= 0.6 is 0 Å². The largest absolute Gasteiger partial charge is 0.327 e. The second kappa shape index (κ2) is 6.18. The van der Waals surface area contributed by atoms with Gasteiger partial charge >= 0.3 is 0 Å². The summed E-state index contributed by atoms with van der Waals surface area (Å²) in [6, 6.07) is 9.18. The van der Waals surface area contributed by atoms with E-state index in [0.717, 1.165) is 13.1 Å². The monoisotopic (exact) mass is 244 g/mol. The second-order valence-electron chi connectivity index (χ2n) is 4.69. The first kappa shape index (κ1) is 12.6. The Kier molecular flexibility index (Phi) is 4.32. The number of rotatable bonds is 3. The summed E-state index contributed by atoms with van der Waals surface area (Å²) in [5.74, 6) is -0.00500. The Morgan fingerprint density at radius 3 is 2.72 bits per heavy atom. The van der Waals surface area contributed by atoms with E-state index < -0.39 is 0 Å². The third-order valence-electron chi connectivity index (χ3n) is 3.29. The number of para-hydroxylation sites is 1. The summed E-state index contributed by atoms with van der Waals surface area (Å²) >= 11 is 0. The number of hydrogen-bond donors (Lipinski definition) is 2. The highest BCUT2D eigenvalue weighted by Gasteiger charge is 2.17. The Balaban J connectivity index is 1.92. The average molecular weight is 244 g/mol. The van der Waals surface area contributed by atoms with E-state index in [1.807, 2.05) is 6.07 Å². The van der Waals surface area contributed by atoms with E-state index in [1.54, 1.807) is 18.2 Å². The summed E-state index contributed by atoms with van der Waals surface area (Å²) < 4.78 is 0. The van der Waals surface area contributed by atoms with Crippen LogP contribution in [0.5, 0.6) is 0 Å². The molecule has 2 rings (SSSR count). The van der Waals surface area contributed by atoms with E-state index in [1.165, 1.54) is 24.2 Å². The minimum Gasteiger partial charge on any atom is -0.327 e. The topological polar surface area (TPSA) is 57.3 Å². The predicted octanol–water partition coefficient (Wildman–Crippen LogP) is 0.566. The van der Waals surface area contributed by atoms with Crippen LogP contribution in [-0.2, 0) is 4.79 Å². The third-order valence-corrected chi connectivity index (χ3v) is 3.29. The molecule has 0 atom stereocenters. The number of nitriles is 1. The molecule has 0 aliphatic carbocycles. The molecule has 0 radical (unpaired) electrons. The van der Waals surface area contributed by atoms with E-state index in [4.69, 9.17) is 5.26 Å². The zero-order valence-electron chi connectivity index (χ0n) is 10.4. The lowest BCUT2D eigenvalue weighted by Gasteiger charge is -2.22. The van der Waals surface area contributed by atoms with Crippen molar-refractivity contribution in [2.24, 2.45) is 0 Å². The van der Waals surface area contributed by atoms with Crippen LogP contribution < -0.4 is 10.2 Å². The van der Waals surface area contributed by atoms with Gasteiger partial charge in [0.15, 0.2) is 6.54 Å². The number of piperidine rings is 1. The number of benzene rings is 1. The van der Waals surface area contributed by atoms with Crippen molar-refractivity contribution >= 4 is 11.6 Å². The van der Waals surface area contributed by atoms with Crippen LogP contribution in [0.4, 0.5) is 5.69 Å². The average Bonchev–Trinajstić information content (AvgIpc) is 2.40. The smallest absolute Gasteiger partial charge is 0.279 e. The van der Waals surface area contributed by atoms with Crippen LogP contribution in [0, 0.1) is 11.3 Å². The van der Waals surface area contributed by atoms with Crippen molar-refractivity contribution < 1.29 is 9.69 Å². The van der Waals surface area contributed by atoms with Gasteiger partial charge in [0.25, 0.3) is 5.91 Å². The zero-order valence-corrected chi connectivity index (χ0v) is 10.4. The first-order chi connectivity index (χ1) is 8.79. The van der Waals surface area contributed by atoms with Crippen LogP contribution in [0.2, 0.25) is 0 Å². The number of likely N-dealkylation sites (tertiary alicyclic amines) is 1. The lowest BCUT2D eigenvalue weighted by atomic mass is 10.1. The SMILES string of the molecule is N#Cc1ccccc1NC(=O)C[NH+]1CCCCC1. The van der Waals surface area contributed by atoms with Crippen molar-refractivity contribution in [3.8, 4) is 6.07 Å². The van der Waals surface area contributed by atoms with Gasteiger partial charge in [0.1, 0.15) is 6.07 Å². The first-order valence-corrected chi connectivity index (χ1v) is 6.42. The highest BCUT2D eigenvalue weighted by Crippen LogP contribution is 2.12. The summed E-state index contributed by atoms with van der Waals surface area (Å²) in [6.07, 6.45) is 3.69. The van der Waals surface area contributed by atoms with E-state index in [0.29, 0.717) is 17.8 Å². The van der Waals surface area contributed by atoms with Crippen molar-refractivity contribution in [1.29, 1.82) is 5.26 Å². The Morgan fingerprint density at radius 2 is 2.00 bits per heavy atom. The zero-order chi connectivity index (χ0) is 12.8. The molecule has 2 N–H and O–H groups in total. The third kappa shape index (κ3) is 3.31. The second-order valence-corrected chi connectivity index (χ2v) is 4.69. The maximum absolute atomic E-state index is 11.9. The van der Waals surface area contributed by atoms with Crippen molar-refractivity contribution in [2.75, 3.05) is 25.0 Å². The number of carbonyl (C=O) groups is 1. The molecule has 1 aliphatic rings. The maximum atomic E-state index is 11.9. The maximum Gasteiger partial charge on any atom is 0.279 e. The molecule has 0 saturated carbocycles. The van der Waals surface area contributed by atoms with Gasteiger partial charge in [-0.15, -0.1) is 0 Å². The number of carbonyl (C=O) groups excluding carboxylic acids is 1. The summed E-state index contributed by atoms with van der Waals surface area (Å²) in [4.78, 5) is 13.2. The molecule has 1 heterocycles. The Bertz CT molecular complexity index is 458. The van der Waals surface area contributed by atoms with Crippen molar-refractivity contribution in [2.45, 2.75) is 19.3 Å². The molecule has 0 spiro atoms. The van der Waals surface area contributed by atoms with Crippen molar-refractivity contribution in [1.82, 2.24) is 0 Å². The van der Waals surface area contributed by atoms with E-state index in [-0.39, 0.29) is 5.91 Å². The minimum atomic E-state index is -0.00500. The van der Waals surface area contributed by atoms with Crippen LogP contribution in [0.3, 0.4) is 0 Å². The van der Waals surface area contributed by atoms with Gasteiger partial charge in [-0.3, -0.25) is 4.79 Å². The quantitative estimate of drug-likeness (QED) is 0.816. The van der Waals surface area contributed by atoms with E-state index >= 15 is 0 Å². The molecule has 1 aromatic carbocycles. The molecule has 1 aliphatic heterocycles. The van der Waals surface area contributed by atoms with Crippen LogP contribution in [0.25, 0.3) is 0 Å². The van der Waals surface area contributed by atoms with E-state index in [2.05, 4.69) is 11.4 Å². The Labute approximate surface area is 107 Å². The molecule has 18 heavy (non-hydrogen) atoms. The molecule has 0 unspecified atom stereocenters. The Hall–Kier alpha value is -1.86. The molecule has 0 aromatic heterocycles. The molecule has 1 aromatic rings. The Morgan fingerprint density at radius 1 is 1.28 bits per heavy atom. The van der Waals surface area contributed by atoms with Gasteiger partial charge in [-0.05, 0) is 31.4 Å². The summed E-state index contributed by atoms with van der Waals surface area (Å²) in [5, 5.41) is 11.8. The van der Waals surface area contributed by atoms with Crippen LogP contribution in [-0.4, -0.2) is 25.5 Å². The normalized spacial score (nSPS) is 15.9. The number of amides is 1. The van der Waals surface area contributed by atoms with Crippen molar-refractivity contribution in [3.05, 3.63) is 29.8 Å².